The number of hydrogen-bond donors (Lipinski definition) is 0. The van der Waals surface area contributed by atoms with Gasteiger partial charge in [-0.2, -0.15) is 132 Å². The average Bonchev–Trinajstić information content (AvgIpc) is 0.869. The molecule has 86 heavy (non-hydrogen) atoms. The number of halogens is 24. The molecule has 1 aromatic heterocycles. The van der Waals surface area contributed by atoms with Gasteiger partial charge in [-0.3, -0.25) is 0 Å². The predicted molar refractivity (Wildman–Crippen MR) is 259 cm³/mol. The van der Waals surface area contributed by atoms with Crippen LogP contribution in [0.15, 0.2) is 170 Å². The number of alkyl halides is 24. The Hall–Kier alpha value is -8.53. The van der Waals surface area contributed by atoms with E-state index in [4.69, 9.17) is 4.74 Å². The van der Waals surface area contributed by atoms with Gasteiger partial charge in [0.25, 0.3) is 0 Å². The summed E-state index contributed by atoms with van der Waals surface area (Å²) in [7, 11) is 0. The highest BCUT2D eigenvalue weighted by Gasteiger charge is 2.47. The van der Waals surface area contributed by atoms with Gasteiger partial charge < -0.3 is 4.74 Å². The molecule has 0 saturated carbocycles. The summed E-state index contributed by atoms with van der Waals surface area (Å²) in [5.41, 5.74) is -24.5. The summed E-state index contributed by atoms with van der Waals surface area (Å²) in [5, 5.41) is 0. The number of aromatic nitrogens is 2. The van der Waals surface area contributed by atoms with Gasteiger partial charge in [0, 0.05) is 16.7 Å². The van der Waals surface area contributed by atoms with Crippen molar-refractivity contribution >= 4 is 34.0 Å². The molecule has 0 fully saturated rings. The molecule has 4 nitrogen and oxygen atoms in total. The largest absolute Gasteiger partial charge is 0.448 e. The van der Waals surface area contributed by atoms with Crippen molar-refractivity contribution in [1.82, 2.24) is 4.98 Å². The molecule has 8 aromatic rings. The van der Waals surface area contributed by atoms with Gasteiger partial charge in [-0.05, 0) is 35.4 Å². The first-order valence-corrected chi connectivity index (χ1v) is 24.2. The Bertz CT molecular complexity index is 3340. The fourth-order valence-corrected chi connectivity index (χ4v) is 9.91. The lowest BCUT2D eigenvalue weighted by Gasteiger charge is -2.46. The van der Waals surface area contributed by atoms with E-state index in [1.165, 1.54) is 0 Å². The SMILES string of the molecule is FC(F)(F)c1cc([B-](c2cc(C(F)(F)F)cc(C(F)(F)F)c2)(c2cc(C(F)(F)F)cc(C(F)(F)F)c2)c2cc(C(F)(F)F)cc(C(F)(F)F)c2)cc(C(F)(F)F)c1.O=C(OC1c2ccccc2-c2ccccc21)c1c[n+](Cc2ccccc2)ccn1. The molecule has 0 bridgehead atoms. The van der Waals surface area contributed by atoms with Crippen LogP contribution in [0.3, 0.4) is 0 Å². The Morgan fingerprint density at radius 2 is 0.674 bits per heavy atom. The van der Waals surface area contributed by atoms with Crippen LogP contribution in [-0.2, 0) is 60.7 Å². The van der Waals surface area contributed by atoms with Gasteiger partial charge in [0.1, 0.15) is 6.15 Å². The highest BCUT2D eigenvalue weighted by atomic mass is 19.4. The molecule has 452 valence electrons. The van der Waals surface area contributed by atoms with E-state index in [1.54, 1.807) is 12.4 Å². The minimum absolute atomic E-state index is 0.297. The lowest BCUT2D eigenvalue weighted by atomic mass is 9.12. The van der Waals surface area contributed by atoms with Crippen LogP contribution in [0.2, 0.25) is 0 Å². The number of hydrogen-bond acceptors (Lipinski definition) is 3. The first kappa shape index (κ1) is 63.5. The quantitative estimate of drug-likeness (QED) is 0.0659. The molecule has 0 spiro atoms. The number of esters is 1. The van der Waals surface area contributed by atoms with Gasteiger partial charge >= 0.3 is 55.4 Å². The van der Waals surface area contributed by atoms with Crippen LogP contribution in [0.25, 0.3) is 11.1 Å². The fourth-order valence-electron chi connectivity index (χ4n) is 9.91. The molecule has 0 N–H and O–H groups in total. The average molecular weight is 1240 g/mol. The smallest absolute Gasteiger partial charge is 0.416 e. The molecule has 0 saturated heterocycles. The van der Waals surface area contributed by atoms with Gasteiger partial charge in [0.05, 0.1) is 50.7 Å². The molecule has 0 radical (unpaired) electrons. The minimum Gasteiger partial charge on any atom is -0.448 e. The Balaban J connectivity index is 0.000000274. The van der Waals surface area contributed by atoms with Crippen molar-refractivity contribution in [3.05, 3.63) is 237 Å². The van der Waals surface area contributed by atoms with Crippen molar-refractivity contribution in [3.63, 3.8) is 0 Å². The Labute approximate surface area is 467 Å². The minimum atomic E-state index is -6.13. The van der Waals surface area contributed by atoms with Crippen LogP contribution in [0.4, 0.5) is 105 Å². The Morgan fingerprint density at radius 1 is 0.395 bits per heavy atom. The number of carbonyl (C=O) groups excluding carboxylic acids is 1. The van der Waals surface area contributed by atoms with E-state index >= 15 is 0 Å². The van der Waals surface area contributed by atoms with Crippen molar-refractivity contribution < 1.29 is 119 Å². The second kappa shape index (κ2) is 22.4. The third kappa shape index (κ3) is 13.6. The van der Waals surface area contributed by atoms with Gasteiger partial charge in [0.15, 0.2) is 18.8 Å². The summed E-state index contributed by atoms with van der Waals surface area (Å²) >= 11 is 0. The van der Waals surface area contributed by atoms with Crippen LogP contribution in [0.5, 0.6) is 0 Å². The molecular weight excluding hydrogens is 1210 g/mol. The molecule has 0 amide bonds. The van der Waals surface area contributed by atoms with Gasteiger partial charge in [0.2, 0.25) is 11.9 Å². The highest BCUT2D eigenvalue weighted by Crippen LogP contribution is 2.46. The molecule has 0 unspecified atom stereocenters. The number of rotatable bonds is 8. The molecule has 9 rings (SSSR count). The molecule has 7 aromatic carbocycles. The first-order chi connectivity index (χ1) is 39.6. The van der Waals surface area contributed by atoms with E-state index in [0.717, 1.165) is 27.8 Å². The number of nitrogens with zero attached hydrogens (tertiary/aromatic N) is 2. The Kier molecular flexibility index (Phi) is 16.5. The van der Waals surface area contributed by atoms with Crippen molar-refractivity contribution in [1.29, 1.82) is 0 Å². The third-order valence-electron chi connectivity index (χ3n) is 13.6. The van der Waals surface area contributed by atoms with E-state index in [1.807, 2.05) is 65.4 Å². The van der Waals surface area contributed by atoms with E-state index in [-0.39, 0.29) is 0 Å². The predicted octanol–water partition coefficient (Wildman–Crippen LogP) is 15.6. The summed E-state index contributed by atoms with van der Waals surface area (Å²) in [6.07, 6.45) is -50.0. The number of ether oxygens (including phenoxy) is 1. The van der Waals surface area contributed by atoms with E-state index < -0.39 is 207 Å². The standard InChI is InChI=1S/C32H12BF24.C25H19N2O2/c34-25(35,36)13-1-14(26(37,38)39)6-21(5-13)33(22-7-15(27(40,41)42)2-16(8-22)28(43,44)45,23-9-17(29(46,47)48)3-18(10-23)30(49,50)51)24-11-19(31(52,53)54)4-20(12-24)32(55,56)57;28-25(23-17-27(15-14-26-23)16-18-8-2-1-3-9-18)29-24-21-12-6-4-10-19(21)20-11-5-7-13-22(20)24/h1-12H;1-15,17,24H,16H2/q-1;+1. The topological polar surface area (TPSA) is 43.1 Å². The normalized spacial score (nSPS) is 13.6. The number of benzene rings is 7. The molecule has 1 heterocycles. The number of carbonyl (C=O) groups is 1. The zero-order valence-electron chi connectivity index (χ0n) is 42.3. The van der Waals surface area contributed by atoms with Crippen LogP contribution < -0.4 is 26.4 Å². The molecule has 1 aliphatic carbocycles. The van der Waals surface area contributed by atoms with Crippen molar-refractivity contribution in [2.75, 3.05) is 0 Å². The summed E-state index contributed by atoms with van der Waals surface area (Å²) in [6, 6.07) is 17.4. The summed E-state index contributed by atoms with van der Waals surface area (Å²) in [5.74, 6) is -0.427. The third-order valence-corrected chi connectivity index (χ3v) is 13.6. The van der Waals surface area contributed by atoms with Crippen LogP contribution in [0, 0.1) is 0 Å². The molecule has 1 aliphatic rings. The summed E-state index contributed by atoms with van der Waals surface area (Å²) in [4.78, 5) is 17.2. The van der Waals surface area contributed by atoms with Gasteiger partial charge in [-0.15, -0.1) is 0 Å². The Morgan fingerprint density at radius 3 is 0.965 bits per heavy atom. The monoisotopic (exact) mass is 1240 g/mol. The van der Waals surface area contributed by atoms with Crippen molar-refractivity contribution in [2.24, 2.45) is 0 Å². The van der Waals surface area contributed by atoms with Crippen LogP contribution >= 0.6 is 0 Å². The second-order valence-corrected chi connectivity index (χ2v) is 19.3. The van der Waals surface area contributed by atoms with Crippen LogP contribution in [-0.4, -0.2) is 17.1 Å². The molecule has 0 aliphatic heterocycles. The summed E-state index contributed by atoms with van der Waals surface area (Å²) in [6.45, 7) is 0.665. The fraction of sp³-hybridized carbons (Fsp3) is 0.175. The molecule has 29 heteroatoms. The van der Waals surface area contributed by atoms with E-state index in [2.05, 4.69) is 29.2 Å². The maximum Gasteiger partial charge on any atom is 0.416 e. The van der Waals surface area contributed by atoms with Crippen LogP contribution in [0.1, 0.15) is 77.8 Å². The van der Waals surface area contributed by atoms with Crippen molar-refractivity contribution in [2.45, 2.75) is 62.1 Å². The van der Waals surface area contributed by atoms with E-state index in [0.29, 0.717) is 12.2 Å². The maximum atomic E-state index is 14.2. The van der Waals surface area contributed by atoms with Gasteiger partial charge in [-0.1, -0.05) is 127 Å². The lowest BCUT2D eigenvalue weighted by Crippen LogP contribution is -2.75. The second-order valence-electron chi connectivity index (χ2n) is 19.3. The maximum absolute atomic E-state index is 14.2. The van der Waals surface area contributed by atoms with Gasteiger partial charge in [-0.25, -0.2) is 9.78 Å². The lowest BCUT2D eigenvalue weighted by molar-refractivity contribution is -0.689. The van der Waals surface area contributed by atoms with Crippen molar-refractivity contribution in [3.8, 4) is 11.1 Å². The van der Waals surface area contributed by atoms with E-state index in [9.17, 15) is 110 Å². The zero-order valence-corrected chi connectivity index (χ0v) is 42.3. The highest BCUT2D eigenvalue weighted by molar-refractivity contribution is 7.20. The summed E-state index contributed by atoms with van der Waals surface area (Å²) < 4.78 is 349. The zero-order chi connectivity index (χ0) is 63.5. The number of fused-ring (bicyclic) bond motifs is 3. The molecule has 0 atom stereocenters. The first-order valence-electron chi connectivity index (χ1n) is 24.2. The molecular formula is C57H31BF24N2O2.